The molecule has 94 valence electrons. The highest BCUT2D eigenvalue weighted by molar-refractivity contribution is 5.41. The lowest BCUT2D eigenvalue weighted by atomic mass is 10.1. The van der Waals surface area contributed by atoms with Crippen molar-refractivity contribution in [3.8, 4) is 5.88 Å². The molecule has 0 saturated heterocycles. The average molecular weight is 242 g/mol. The van der Waals surface area contributed by atoms with Crippen molar-refractivity contribution < 1.29 is 4.74 Å². The average Bonchev–Trinajstić information content (AvgIpc) is 2.38. The van der Waals surface area contributed by atoms with Gasteiger partial charge in [-0.2, -0.15) is 0 Å². The van der Waals surface area contributed by atoms with Crippen LogP contribution in [0.1, 0.15) is 17.5 Å². The third kappa shape index (κ3) is 3.48. The molecular weight excluding hydrogens is 224 g/mol. The number of hydrogen-bond acceptors (Lipinski definition) is 3. The minimum absolute atomic E-state index is 0.670. The zero-order chi connectivity index (χ0) is 12.8. The van der Waals surface area contributed by atoms with Crippen molar-refractivity contribution in [3.63, 3.8) is 0 Å². The van der Waals surface area contributed by atoms with E-state index < -0.39 is 0 Å². The van der Waals surface area contributed by atoms with Crippen molar-refractivity contribution in [1.29, 1.82) is 0 Å². The summed E-state index contributed by atoms with van der Waals surface area (Å²) in [5.41, 5.74) is 8.63. The summed E-state index contributed by atoms with van der Waals surface area (Å²) >= 11 is 0. The summed E-state index contributed by atoms with van der Waals surface area (Å²) in [6, 6.07) is 12.3. The lowest BCUT2D eigenvalue weighted by Gasteiger charge is -2.08. The first-order chi connectivity index (χ1) is 8.75. The number of ether oxygens (including phenoxy) is 1. The molecular formula is C15H18N2O. The van der Waals surface area contributed by atoms with Crippen molar-refractivity contribution >= 4 is 5.69 Å². The Morgan fingerprint density at radius 3 is 2.72 bits per heavy atom. The van der Waals surface area contributed by atoms with Crippen LogP contribution < -0.4 is 10.5 Å². The zero-order valence-electron chi connectivity index (χ0n) is 10.6. The summed E-state index contributed by atoms with van der Waals surface area (Å²) in [4.78, 5) is 4.18. The number of nitrogens with two attached hydrogens (primary N) is 1. The van der Waals surface area contributed by atoms with Gasteiger partial charge in [-0.05, 0) is 31.4 Å². The summed E-state index contributed by atoms with van der Waals surface area (Å²) in [5, 5.41) is 0. The van der Waals surface area contributed by atoms with Crippen LogP contribution in [0, 0.1) is 6.92 Å². The number of benzene rings is 1. The van der Waals surface area contributed by atoms with Crippen LogP contribution in [0.3, 0.4) is 0 Å². The number of nitrogens with zero attached hydrogens (tertiary/aromatic N) is 1. The van der Waals surface area contributed by atoms with Gasteiger partial charge in [0.1, 0.15) is 0 Å². The SMILES string of the molecule is Cc1cc(N)cnc1OCCCc1ccccc1. The Labute approximate surface area is 108 Å². The minimum Gasteiger partial charge on any atom is -0.477 e. The van der Waals surface area contributed by atoms with Gasteiger partial charge in [0.15, 0.2) is 0 Å². The molecule has 3 heteroatoms. The summed E-state index contributed by atoms with van der Waals surface area (Å²) in [7, 11) is 0. The van der Waals surface area contributed by atoms with Gasteiger partial charge in [0.2, 0.25) is 5.88 Å². The fourth-order valence-corrected chi connectivity index (χ4v) is 1.82. The molecule has 0 atom stereocenters. The van der Waals surface area contributed by atoms with E-state index in [1.165, 1.54) is 5.56 Å². The number of pyridine rings is 1. The Morgan fingerprint density at radius 1 is 1.22 bits per heavy atom. The summed E-state index contributed by atoms with van der Waals surface area (Å²) in [5.74, 6) is 0.678. The van der Waals surface area contributed by atoms with Crippen LogP contribution in [-0.4, -0.2) is 11.6 Å². The van der Waals surface area contributed by atoms with E-state index in [2.05, 4.69) is 29.2 Å². The molecule has 0 fully saturated rings. The highest BCUT2D eigenvalue weighted by atomic mass is 16.5. The first kappa shape index (κ1) is 12.4. The number of hydrogen-bond donors (Lipinski definition) is 1. The summed E-state index contributed by atoms with van der Waals surface area (Å²) in [6.45, 7) is 2.63. The van der Waals surface area contributed by atoms with Gasteiger partial charge in [0.25, 0.3) is 0 Å². The minimum atomic E-state index is 0.670. The second kappa shape index (κ2) is 6.05. The summed E-state index contributed by atoms with van der Waals surface area (Å²) < 4.78 is 5.65. The molecule has 1 aromatic carbocycles. The van der Waals surface area contributed by atoms with Gasteiger partial charge in [0, 0.05) is 5.56 Å². The van der Waals surface area contributed by atoms with Gasteiger partial charge in [-0.3, -0.25) is 0 Å². The van der Waals surface area contributed by atoms with Crippen LogP contribution in [0.4, 0.5) is 5.69 Å². The molecule has 3 nitrogen and oxygen atoms in total. The molecule has 1 heterocycles. The van der Waals surface area contributed by atoms with E-state index in [1.54, 1.807) is 6.20 Å². The lowest BCUT2D eigenvalue weighted by molar-refractivity contribution is 0.297. The first-order valence-electron chi connectivity index (χ1n) is 6.14. The Balaban J connectivity index is 1.79. The normalized spacial score (nSPS) is 10.3. The van der Waals surface area contributed by atoms with Gasteiger partial charge in [-0.25, -0.2) is 4.98 Å². The predicted octanol–water partition coefficient (Wildman–Crippen LogP) is 2.98. The van der Waals surface area contributed by atoms with E-state index in [1.807, 2.05) is 19.1 Å². The first-order valence-corrected chi connectivity index (χ1v) is 6.14. The maximum absolute atomic E-state index is 5.65. The van der Waals surface area contributed by atoms with Crippen LogP contribution in [-0.2, 0) is 6.42 Å². The van der Waals surface area contributed by atoms with Crippen LogP contribution in [0.5, 0.6) is 5.88 Å². The standard InChI is InChI=1S/C15H18N2O/c1-12-10-14(16)11-17-15(12)18-9-5-8-13-6-3-2-4-7-13/h2-4,6-7,10-11H,5,8-9,16H2,1H3. The quantitative estimate of drug-likeness (QED) is 0.820. The molecule has 0 aliphatic heterocycles. The molecule has 0 radical (unpaired) electrons. The molecule has 0 saturated carbocycles. The molecule has 0 amide bonds. The summed E-state index contributed by atoms with van der Waals surface area (Å²) in [6.07, 6.45) is 3.63. The largest absolute Gasteiger partial charge is 0.477 e. The molecule has 0 aliphatic carbocycles. The van der Waals surface area contributed by atoms with Crippen LogP contribution in [0.25, 0.3) is 0 Å². The number of anilines is 1. The van der Waals surface area contributed by atoms with Crippen LogP contribution in [0.2, 0.25) is 0 Å². The highest BCUT2D eigenvalue weighted by Crippen LogP contribution is 2.16. The van der Waals surface area contributed by atoms with Crippen molar-refractivity contribution in [3.05, 3.63) is 53.7 Å². The number of aryl methyl sites for hydroxylation is 2. The predicted molar refractivity (Wildman–Crippen MR) is 73.6 cm³/mol. The van der Waals surface area contributed by atoms with Gasteiger partial charge in [-0.15, -0.1) is 0 Å². The Hall–Kier alpha value is -2.03. The molecule has 0 aliphatic rings. The molecule has 2 rings (SSSR count). The van der Waals surface area contributed by atoms with E-state index >= 15 is 0 Å². The number of nitrogen functional groups attached to an aromatic ring is 1. The molecule has 1 aromatic heterocycles. The maximum Gasteiger partial charge on any atom is 0.216 e. The monoisotopic (exact) mass is 242 g/mol. The molecule has 2 aromatic rings. The third-order valence-electron chi connectivity index (χ3n) is 2.74. The third-order valence-corrected chi connectivity index (χ3v) is 2.74. The number of rotatable bonds is 5. The maximum atomic E-state index is 5.65. The fraction of sp³-hybridized carbons (Fsp3) is 0.267. The Morgan fingerprint density at radius 2 is 2.00 bits per heavy atom. The topological polar surface area (TPSA) is 48.1 Å². The van der Waals surface area contributed by atoms with Crippen molar-refractivity contribution in [2.24, 2.45) is 0 Å². The van der Waals surface area contributed by atoms with Crippen molar-refractivity contribution in [2.75, 3.05) is 12.3 Å². The molecule has 0 bridgehead atoms. The van der Waals surface area contributed by atoms with E-state index in [0.717, 1.165) is 18.4 Å². The number of aromatic nitrogens is 1. The van der Waals surface area contributed by atoms with E-state index in [9.17, 15) is 0 Å². The van der Waals surface area contributed by atoms with E-state index in [-0.39, 0.29) is 0 Å². The van der Waals surface area contributed by atoms with Gasteiger partial charge >= 0.3 is 0 Å². The van der Waals surface area contributed by atoms with Crippen LogP contribution >= 0.6 is 0 Å². The van der Waals surface area contributed by atoms with E-state index in [4.69, 9.17) is 10.5 Å². The second-order valence-electron chi connectivity index (χ2n) is 4.33. The fourth-order valence-electron chi connectivity index (χ4n) is 1.82. The Bertz CT molecular complexity index is 497. The lowest BCUT2D eigenvalue weighted by Crippen LogP contribution is -2.03. The molecule has 0 spiro atoms. The van der Waals surface area contributed by atoms with Crippen molar-refractivity contribution in [1.82, 2.24) is 4.98 Å². The van der Waals surface area contributed by atoms with Gasteiger partial charge in [-0.1, -0.05) is 30.3 Å². The second-order valence-corrected chi connectivity index (χ2v) is 4.33. The highest BCUT2D eigenvalue weighted by Gasteiger charge is 2.01. The smallest absolute Gasteiger partial charge is 0.216 e. The molecule has 0 unspecified atom stereocenters. The van der Waals surface area contributed by atoms with Crippen LogP contribution in [0.15, 0.2) is 42.6 Å². The molecule has 18 heavy (non-hydrogen) atoms. The van der Waals surface area contributed by atoms with Crippen molar-refractivity contribution in [2.45, 2.75) is 19.8 Å². The van der Waals surface area contributed by atoms with Gasteiger partial charge < -0.3 is 10.5 Å². The zero-order valence-corrected chi connectivity index (χ0v) is 10.6. The Kier molecular flexibility index (Phi) is 4.18. The van der Waals surface area contributed by atoms with E-state index in [0.29, 0.717) is 18.2 Å². The van der Waals surface area contributed by atoms with Gasteiger partial charge in [0.05, 0.1) is 18.5 Å². The molecule has 2 N–H and O–H groups in total.